The minimum absolute atomic E-state index is 0.810. The summed E-state index contributed by atoms with van der Waals surface area (Å²) in [6.07, 6.45) is 4.23. The maximum Gasteiger partial charge on any atom is 0.0110 e. The molecule has 2 aliphatic rings. The van der Waals surface area contributed by atoms with Gasteiger partial charge in [-0.3, -0.25) is 0 Å². The highest BCUT2D eigenvalue weighted by molar-refractivity contribution is 4.75. The number of piperidine rings is 1. The smallest absolute Gasteiger partial charge is 0.0110 e. The number of hydrogen-bond donors (Lipinski definition) is 1. The van der Waals surface area contributed by atoms with Crippen LogP contribution in [-0.4, -0.2) is 62.2 Å². The van der Waals surface area contributed by atoms with Crippen LogP contribution in [0.3, 0.4) is 0 Å². The summed E-state index contributed by atoms with van der Waals surface area (Å²) in [5.74, 6) is 1.75. The van der Waals surface area contributed by atoms with Crippen molar-refractivity contribution >= 4 is 0 Å². The Morgan fingerprint density at radius 1 is 1.11 bits per heavy atom. The van der Waals surface area contributed by atoms with Crippen LogP contribution >= 0.6 is 0 Å². The van der Waals surface area contributed by atoms with Crippen molar-refractivity contribution in [1.82, 2.24) is 15.1 Å². The molecule has 1 N–H and O–H groups in total. The zero-order chi connectivity index (χ0) is 12.8. The van der Waals surface area contributed by atoms with Crippen molar-refractivity contribution in [2.45, 2.75) is 33.1 Å². The Kier molecular flexibility index (Phi) is 5.93. The molecular weight excluding hydrogens is 222 g/mol. The van der Waals surface area contributed by atoms with Crippen LogP contribution in [0.25, 0.3) is 0 Å². The van der Waals surface area contributed by atoms with Gasteiger partial charge in [0.25, 0.3) is 0 Å². The molecule has 2 heterocycles. The number of rotatable bonds is 5. The third kappa shape index (κ3) is 4.87. The van der Waals surface area contributed by atoms with Crippen LogP contribution in [0.4, 0.5) is 0 Å². The van der Waals surface area contributed by atoms with Crippen LogP contribution in [0.1, 0.15) is 33.1 Å². The van der Waals surface area contributed by atoms with Crippen LogP contribution < -0.4 is 5.32 Å². The van der Waals surface area contributed by atoms with E-state index in [0.29, 0.717) is 0 Å². The first-order valence-corrected chi connectivity index (χ1v) is 7.89. The summed E-state index contributed by atoms with van der Waals surface area (Å²) in [4.78, 5) is 5.30. The highest BCUT2D eigenvalue weighted by Gasteiger charge is 2.19. The lowest BCUT2D eigenvalue weighted by atomic mass is 9.96. The third-order valence-electron chi connectivity index (χ3n) is 4.34. The lowest BCUT2D eigenvalue weighted by Crippen LogP contribution is -2.48. The molecule has 106 valence electrons. The van der Waals surface area contributed by atoms with Crippen LogP contribution in [0.5, 0.6) is 0 Å². The molecule has 0 aromatic carbocycles. The van der Waals surface area contributed by atoms with Gasteiger partial charge >= 0.3 is 0 Å². The Morgan fingerprint density at radius 2 is 1.83 bits per heavy atom. The molecule has 1 atom stereocenters. The van der Waals surface area contributed by atoms with Gasteiger partial charge in [0, 0.05) is 32.7 Å². The van der Waals surface area contributed by atoms with Gasteiger partial charge in [-0.2, -0.15) is 0 Å². The van der Waals surface area contributed by atoms with E-state index >= 15 is 0 Å². The van der Waals surface area contributed by atoms with E-state index in [1.165, 1.54) is 71.6 Å². The van der Waals surface area contributed by atoms with E-state index in [-0.39, 0.29) is 0 Å². The lowest BCUT2D eigenvalue weighted by Gasteiger charge is -2.36. The summed E-state index contributed by atoms with van der Waals surface area (Å²) < 4.78 is 0. The minimum Gasteiger partial charge on any atom is -0.316 e. The van der Waals surface area contributed by atoms with Gasteiger partial charge < -0.3 is 15.1 Å². The maximum absolute atomic E-state index is 3.52. The first-order chi connectivity index (χ1) is 8.74. The average Bonchev–Trinajstić information content (AvgIpc) is 2.38. The van der Waals surface area contributed by atoms with Crippen LogP contribution in [0, 0.1) is 11.8 Å². The van der Waals surface area contributed by atoms with Gasteiger partial charge in [0.1, 0.15) is 0 Å². The van der Waals surface area contributed by atoms with Crippen LogP contribution in [0.15, 0.2) is 0 Å². The van der Waals surface area contributed by atoms with E-state index in [0.717, 1.165) is 11.8 Å². The van der Waals surface area contributed by atoms with Gasteiger partial charge in [-0.1, -0.05) is 13.8 Å². The topological polar surface area (TPSA) is 18.5 Å². The van der Waals surface area contributed by atoms with Gasteiger partial charge in [-0.05, 0) is 50.7 Å². The third-order valence-corrected chi connectivity index (χ3v) is 4.34. The quantitative estimate of drug-likeness (QED) is 0.804. The van der Waals surface area contributed by atoms with E-state index in [1.807, 2.05) is 0 Å². The Balaban J connectivity index is 1.58. The van der Waals surface area contributed by atoms with Gasteiger partial charge in [-0.15, -0.1) is 0 Å². The molecule has 0 aliphatic carbocycles. The monoisotopic (exact) mass is 253 g/mol. The second-order valence-corrected chi connectivity index (χ2v) is 6.54. The molecule has 2 fully saturated rings. The average molecular weight is 253 g/mol. The normalized spacial score (nSPS) is 27.8. The molecule has 0 aromatic heterocycles. The lowest BCUT2D eigenvalue weighted by molar-refractivity contribution is 0.115. The van der Waals surface area contributed by atoms with Crippen LogP contribution in [-0.2, 0) is 0 Å². The van der Waals surface area contributed by atoms with E-state index in [2.05, 4.69) is 29.0 Å². The Morgan fingerprint density at radius 3 is 2.44 bits per heavy atom. The second kappa shape index (κ2) is 7.46. The molecule has 0 amide bonds. The molecule has 0 spiro atoms. The van der Waals surface area contributed by atoms with Crippen LogP contribution in [0.2, 0.25) is 0 Å². The number of piperazine rings is 1. The van der Waals surface area contributed by atoms with Crippen molar-refractivity contribution in [1.29, 1.82) is 0 Å². The number of nitrogens with one attached hydrogen (secondary N) is 1. The van der Waals surface area contributed by atoms with Crippen molar-refractivity contribution in [2.75, 3.05) is 52.4 Å². The SMILES string of the molecule is CC(C)CN1CCN(CCC2CCCNC2)CC1. The number of nitrogens with zero attached hydrogens (tertiary/aromatic N) is 2. The molecule has 0 saturated carbocycles. The Hall–Kier alpha value is -0.120. The van der Waals surface area contributed by atoms with Gasteiger partial charge in [-0.25, -0.2) is 0 Å². The molecule has 18 heavy (non-hydrogen) atoms. The largest absolute Gasteiger partial charge is 0.316 e. The summed E-state index contributed by atoms with van der Waals surface area (Å²) in [5.41, 5.74) is 0. The molecule has 0 bridgehead atoms. The van der Waals surface area contributed by atoms with E-state index in [4.69, 9.17) is 0 Å². The summed E-state index contributed by atoms with van der Waals surface area (Å²) >= 11 is 0. The Bertz CT molecular complexity index is 216. The summed E-state index contributed by atoms with van der Waals surface area (Å²) in [6.45, 7) is 14.9. The van der Waals surface area contributed by atoms with Crippen molar-refractivity contribution in [3.05, 3.63) is 0 Å². The minimum atomic E-state index is 0.810. The summed E-state index contributed by atoms with van der Waals surface area (Å²) in [5, 5.41) is 3.52. The molecule has 0 radical (unpaired) electrons. The fraction of sp³-hybridized carbons (Fsp3) is 1.00. The predicted molar refractivity (Wildman–Crippen MR) is 77.9 cm³/mol. The molecule has 3 heteroatoms. The van der Waals surface area contributed by atoms with Gasteiger partial charge in [0.2, 0.25) is 0 Å². The second-order valence-electron chi connectivity index (χ2n) is 6.54. The molecular formula is C15H31N3. The maximum atomic E-state index is 3.52. The van der Waals surface area contributed by atoms with Gasteiger partial charge in [0.05, 0.1) is 0 Å². The van der Waals surface area contributed by atoms with Crippen molar-refractivity contribution in [3.8, 4) is 0 Å². The molecule has 3 nitrogen and oxygen atoms in total. The first-order valence-electron chi connectivity index (χ1n) is 7.89. The van der Waals surface area contributed by atoms with E-state index in [1.54, 1.807) is 0 Å². The summed E-state index contributed by atoms with van der Waals surface area (Å²) in [6, 6.07) is 0. The first kappa shape index (κ1) is 14.3. The standard InChI is InChI=1S/C15H31N3/c1-14(2)13-18-10-8-17(9-11-18)7-5-15-4-3-6-16-12-15/h14-16H,3-13H2,1-2H3. The fourth-order valence-corrected chi connectivity index (χ4v) is 3.25. The van der Waals surface area contributed by atoms with Crippen molar-refractivity contribution in [3.63, 3.8) is 0 Å². The fourth-order valence-electron chi connectivity index (χ4n) is 3.25. The summed E-state index contributed by atoms with van der Waals surface area (Å²) in [7, 11) is 0. The molecule has 1 unspecified atom stereocenters. The van der Waals surface area contributed by atoms with E-state index < -0.39 is 0 Å². The van der Waals surface area contributed by atoms with Crippen molar-refractivity contribution < 1.29 is 0 Å². The molecule has 0 aromatic rings. The van der Waals surface area contributed by atoms with E-state index in [9.17, 15) is 0 Å². The predicted octanol–water partition coefficient (Wildman–Crippen LogP) is 1.65. The highest BCUT2D eigenvalue weighted by Crippen LogP contribution is 2.15. The molecule has 2 aliphatic heterocycles. The zero-order valence-electron chi connectivity index (χ0n) is 12.3. The van der Waals surface area contributed by atoms with Crippen molar-refractivity contribution in [2.24, 2.45) is 11.8 Å². The number of hydrogen-bond acceptors (Lipinski definition) is 3. The van der Waals surface area contributed by atoms with Gasteiger partial charge in [0.15, 0.2) is 0 Å². The molecule has 2 rings (SSSR count). The molecule has 2 saturated heterocycles. The Labute approximate surface area is 113 Å². The highest BCUT2D eigenvalue weighted by atomic mass is 15.3. The zero-order valence-corrected chi connectivity index (χ0v) is 12.3.